The molecule has 7 heteroatoms. The second-order valence-corrected chi connectivity index (χ2v) is 9.99. The molecule has 1 heterocycles. The first-order chi connectivity index (χ1) is 20.6. The van der Waals surface area contributed by atoms with Gasteiger partial charge in [0.05, 0.1) is 32.0 Å². The van der Waals surface area contributed by atoms with E-state index >= 15 is 0 Å². The molecule has 0 aliphatic rings. The summed E-state index contributed by atoms with van der Waals surface area (Å²) >= 11 is 0. The van der Waals surface area contributed by atoms with Gasteiger partial charge in [0.25, 0.3) is 0 Å². The number of aromatic nitrogens is 2. The van der Waals surface area contributed by atoms with Crippen LogP contribution in [0.15, 0.2) is 97.2 Å². The average molecular weight is 563 g/mol. The monoisotopic (exact) mass is 562 g/mol. The number of aryl methyl sites for hydroxylation is 1. The Morgan fingerprint density at radius 3 is 2.31 bits per heavy atom. The van der Waals surface area contributed by atoms with Crippen LogP contribution in [0.25, 0.3) is 22.0 Å². The van der Waals surface area contributed by atoms with Gasteiger partial charge in [-0.15, -0.1) is 0 Å². The fourth-order valence-corrected chi connectivity index (χ4v) is 4.84. The molecule has 0 atom stereocenters. The Morgan fingerprint density at radius 1 is 0.810 bits per heavy atom. The highest BCUT2D eigenvalue weighted by Crippen LogP contribution is 2.26. The highest BCUT2D eigenvalue weighted by Gasteiger charge is 2.13. The Hall–Kier alpha value is -4.91. The number of hydrogen-bond acceptors (Lipinski definition) is 6. The predicted molar refractivity (Wildman–Crippen MR) is 163 cm³/mol. The summed E-state index contributed by atoms with van der Waals surface area (Å²) in [5.41, 5.74) is 5.40. The van der Waals surface area contributed by atoms with E-state index in [9.17, 15) is 9.59 Å². The van der Waals surface area contributed by atoms with Gasteiger partial charge in [0, 0.05) is 22.9 Å². The minimum Gasteiger partial charge on any atom is -0.493 e. The van der Waals surface area contributed by atoms with Crippen molar-refractivity contribution in [2.75, 3.05) is 20.3 Å². The van der Waals surface area contributed by atoms with Crippen molar-refractivity contribution < 1.29 is 23.8 Å². The molecule has 42 heavy (non-hydrogen) atoms. The number of rotatable bonds is 13. The van der Waals surface area contributed by atoms with Gasteiger partial charge in [-0.05, 0) is 59.5 Å². The van der Waals surface area contributed by atoms with E-state index in [2.05, 4.69) is 24.2 Å². The van der Waals surface area contributed by atoms with Gasteiger partial charge in [-0.3, -0.25) is 14.3 Å². The number of ketones is 1. The maximum atomic E-state index is 13.3. The summed E-state index contributed by atoms with van der Waals surface area (Å²) in [6.07, 6.45) is 4.17. The first-order valence-electron chi connectivity index (χ1n) is 14.2. The van der Waals surface area contributed by atoms with Crippen molar-refractivity contribution in [3.05, 3.63) is 114 Å². The Labute approximate surface area is 245 Å². The maximum Gasteiger partial charge on any atom is 0.327 e. The molecule has 0 aliphatic carbocycles. The largest absolute Gasteiger partial charge is 0.493 e. The molecule has 0 amide bonds. The second-order valence-electron chi connectivity index (χ2n) is 9.99. The summed E-state index contributed by atoms with van der Waals surface area (Å²) in [6, 6.07) is 29.2. The van der Waals surface area contributed by atoms with Crippen molar-refractivity contribution in [3.8, 4) is 22.6 Å². The lowest BCUT2D eigenvalue weighted by atomic mass is 9.97. The zero-order valence-electron chi connectivity index (χ0n) is 23.9. The Balaban J connectivity index is 1.15. The molecule has 0 saturated heterocycles. The van der Waals surface area contributed by atoms with Crippen LogP contribution < -0.4 is 9.47 Å². The number of fused-ring (bicyclic) bond motifs is 1. The first kappa shape index (κ1) is 28.6. The molecule has 4 aromatic carbocycles. The number of nitrogens with zero attached hydrogens (tertiary/aromatic N) is 2. The van der Waals surface area contributed by atoms with Crippen LogP contribution in [0.1, 0.15) is 41.3 Å². The van der Waals surface area contributed by atoms with Gasteiger partial charge in [0.15, 0.2) is 5.78 Å². The fourth-order valence-electron chi connectivity index (χ4n) is 4.84. The number of carbonyl (C=O) groups is 2. The minimum atomic E-state index is -0.350. The van der Waals surface area contributed by atoms with E-state index in [1.165, 1.54) is 7.11 Å². The van der Waals surface area contributed by atoms with Gasteiger partial charge in [0.2, 0.25) is 0 Å². The van der Waals surface area contributed by atoms with E-state index in [1.54, 1.807) is 10.9 Å². The van der Waals surface area contributed by atoms with E-state index in [4.69, 9.17) is 14.2 Å². The standard InChI is InChI=1S/C35H34N2O5/c1-3-8-28-21-29(35(39)27-13-11-26(12-14-27)25-9-5-4-6-10-25)15-18-33(28)42-20-7-19-41-31-16-17-32-30(22-31)23-36-37(32)24-34(38)40-2/h4-6,9-18,21-23H,3,7-8,19-20,24H2,1-2H3. The summed E-state index contributed by atoms with van der Waals surface area (Å²) in [5, 5.41) is 5.15. The van der Waals surface area contributed by atoms with Crippen molar-refractivity contribution in [3.63, 3.8) is 0 Å². The van der Waals surface area contributed by atoms with Crippen LogP contribution in [0.4, 0.5) is 0 Å². The lowest BCUT2D eigenvalue weighted by molar-refractivity contribution is -0.141. The predicted octanol–water partition coefficient (Wildman–Crippen LogP) is 6.91. The smallest absolute Gasteiger partial charge is 0.327 e. The fraction of sp³-hybridized carbons (Fsp3) is 0.229. The molecule has 0 N–H and O–H groups in total. The third-order valence-corrected chi connectivity index (χ3v) is 7.03. The van der Waals surface area contributed by atoms with Crippen LogP contribution in [-0.2, 0) is 22.5 Å². The summed E-state index contributed by atoms with van der Waals surface area (Å²) in [5.74, 6) is 1.18. The Bertz CT molecular complexity index is 1660. The van der Waals surface area contributed by atoms with Crippen molar-refractivity contribution in [2.24, 2.45) is 0 Å². The van der Waals surface area contributed by atoms with Gasteiger partial charge in [-0.2, -0.15) is 5.10 Å². The molecule has 0 spiro atoms. The van der Waals surface area contributed by atoms with Gasteiger partial charge in [-0.25, -0.2) is 0 Å². The number of esters is 1. The molecular weight excluding hydrogens is 528 g/mol. The molecule has 7 nitrogen and oxygen atoms in total. The van der Waals surface area contributed by atoms with Crippen molar-refractivity contribution >= 4 is 22.7 Å². The quantitative estimate of drug-likeness (QED) is 0.0882. The number of hydrogen-bond donors (Lipinski definition) is 0. The molecule has 0 bridgehead atoms. The maximum absolute atomic E-state index is 13.3. The van der Waals surface area contributed by atoms with Crippen LogP contribution in [0.2, 0.25) is 0 Å². The van der Waals surface area contributed by atoms with E-state index in [-0.39, 0.29) is 18.3 Å². The lowest BCUT2D eigenvalue weighted by Gasteiger charge is -2.13. The van der Waals surface area contributed by atoms with Gasteiger partial charge >= 0.3 is 5.97 Å². The highest BCUT2D eigenvalue weighted by molar-refractivity contribution is 6.09. The van der Waals surface area contributed by atoms with Crippen LogP contribution >= 0.6 is 0 Å². The minimum absolute atomic E-state index is 0.000256. The zero-order chi connectivity index (χ0) is 29.3. The molecular formula is C35H34N2O5. The van der Waals surface area contributed by atoms with E-state index < -0.39 is 0 Å². The Kier molecular flexibility index (Phi) is 9.29. The number of benzene rings is 4. The molecule has 214 valence electrons. The van der Waals surface area contributed by atoms with Crippen molar-refractivity contribution in [1.29, 1.82) is 0 Å². The third kappa shape index (κ3) is 6.86. The second kappa shape index (κ2) is 13.6. The molecule has 0 aliphatic heterocycles. The van der Waals surface area contributed by atoms with Crippen molar-refractivity contribution in [1.82, 2.24) is 9.78 Å². The first-order valence-corrected chi connectivity index (χ1v) is 14.2. The summed E-state index contributed by atoms with van der Waals surface area (Å²) in [6.45, 7) is 3.16. The van der Waals surface area contributed by atoms with Gasteiger partial charge in [0.1, 0.15) is 18.0 Å². The zero-order valence-corrected chi connectivity index (χ0v) is 23.9. The SMILES string of the molecule is CCCc1cc(C(=O)c2ccc(-c3ccccc3)cc2)ccc1OCCCOc1ccc2c(cnn2CC(=O)OC)c1. The number of ether oxygens (including phenoxy) is 3. The molecule has 5 aromatic rings. The lowest BCUT2D eigenvalue weighted by Crippen LogP contribution is -2.12. The molecule has 1 aromatic heterocycles. The van der Waals surface area contributed by atoms with E-state index in [0.717, 1.165) is 51.9 Å². The topological polar surface area (TPSA) is 79.7 Å². The summed E-state index contributed by atoms with van der Waals surface area (Å²) in [4.78, 5) is 24.8. The highest BCUT2D eigenvalue weighted by atomic mass is 16.5. The van der Waals surface area contributed by atoms with Gasteiger partial charge in [-0.1, -0.05) is 67.9 Å². The summed E-state index contributed by atoms with van der Waals surface area (Å²) in [7, 11) is 1.36. The number of carbonyl (C=O) groups excluding carboxylic acids is 2. The van der Waals surface area contributed by atoms with Crippen molar-refractivity contribution in [2.45, 2.75) is 32.7 Å². The van der Waals surface area contributed by atoms with E-state index in [1.807, 2.05) is 78.9 Å². The molecule has 0 fully saturated rings. The number of methoxy groups -OCH3 is 1. The van der Waals surface area contributed by atoms with E-state index in [0.29, 0.717) is 30.8 Å². The van der Waals surface area contributed by atoms with Crippen LogP contribution in [-0.4, -0.2) is 41.9 Å². The third-order valence-electron chi connectivity index (χ3n) is 7.03. The normalized spacial score (nSPS) is 10.9. The van der Waals surface area contributed by atoms with Gasteiger partial charge < -0.3 is 14.2 Å². The molecule has 0 radical (unpaired) electrons. The Morgan fingerprint density at radius 2 is 1.55 bits per heavy atom. The van der Waals surface area contributed by atoms with Crippen LogP contribution in [0, 0.1) is 0 Å². The van der Waals surface area contributed by atoms with Crippen LogP contribution in [0.5, 0.6) is 11.5 Å². The van der Waals surface area contributed by atoms with Crippen LogP contribution in [0.3, 0.4) is 0 Å². The summed E-state index contributed by atoms with van der Waals surface area (Å²) < 4.78 is 18.4. The molecule has 0 unspecified atom stereocenters. The molecule has 0 saturated carbocycles. The average Bonchev–Trinajstić information content (AvgIpc) is 3.43. The molecule has 5 rings (SSSR count).